The van der Waals surface area contributed by atoms with Crippen molar-refractivity contribution in [2.75, 3.05) is 19.7 Å². The van der Waals surface area contributed by atoms with Crippen LogP contribution >= 0.6 is 31.9 Å². The summed E-state index contributed by atoms with van der Waals surface area (Å²) in [6.45, 7) is 6.07. The Kier molecular flexibility index (Phi) is 5.83. The van der Waals surface area contributed by atoms with Crippen molar-refractivity contribution in [2.45, 2.75) is 32.7 Å². The van der Waals surface area contributed by atoms with E-state index in [0.717, 1.165) is 32.5 Å². The number of halogens is 2. The molecule has 3 rings (SSSR count). The highest BCUT2D eigenvalue weighted by molar-refractivity contribution is 9.11. The van der Waals surface area contributed by atoms with E-state index in [-0.39, 0.29) is 0 Å². The van der Waals surface area contributed by atoms with Gasteiger partial charge < -0.3 is 9.72 Å². The second kappa shape index (κ2) is 7.86. The molecule has 2 aromatic rings. The molecule has 3 nitrogen and oxygen atoms in total. The highest BCUT2D eigenvalue weighted by atomic mass is 79.9. The molecule has 0 spiro atoms. The SMILES string of the molecule is CCOc1c(Br)cc(Br)cc1-c1ccc(CN2CCCCC2)[nH]1. The third kappa shape index (κ3) is 4.20. The van der Waals surface area contributed by atoms with E-state index in [1.165, 1.54) is 38.0 Å². The third-order valence-corrected chi connectivity index (χ3v) is 5.22. The van der Waals surface area contributed by atoms with Gasteiger partial charge in [-0.15, -0.1) is 0 Å². The molecule has 2 heterocycles. The molecule has 0 amide bonds. The Hall–Kier alpha value is -0.780. The molecule has 0 radical (unpaired) electrons. The lowest BCUT2D eigenvalue weighted by atomic mass is 10.1. The maximum absolute atomic E-state index is 5.84. The van der Waals surface area contributed by atoms with E-state index < -0.39 is 0 Å². The lowest BCUT2D eigenvalue weighted by Crippen LogP contribution is -2.29. The Morgan fingerprint density at radius 1 is 1.13 bits per heavy atom. The first kappa shape index (κ1) is 17.1. The molecular weight excluding hydrogens is 420 g/mol. The first-order valence-corrected chi connectivity index (χ1v) is 9.78. The number of H-pyrrole nitrogens is 1. The normalized spacial score (nSPS) is 15.8. The molecule has 1 fully saturated rings. The Labute approximate surface area is 154 Å². The van der Waals surface area contributed by atoms with E-state index in [9.17, 15) is 0 Å². The lowest BCUT2D eigenvalue weighted by Gasteiger charge is -2.25. The van der Waals surface area contributed by atoms with Crippen LogP contribution in [0.4, 0.5) is 0 Å². The van der Waals surface area contributed by atoms with E-state index in [0.29, 0.717) is 6.61 Å². The number of aromatic nitrogens is 1. The van der Waals surface area contributed by atoms with Gasteiger partial charge in [0.1, 0.15) is 5.75 Å². The van der Waals surface area contributed by atoms with Crippen molar-refractivity contribution >= 4 is 31.9 Å². The van der Waals surface area contributed by atoms with E-state index in [1.807, 2.05) is 13.0 Å². The quantitative estimate of drug-likeness (QED) is 0.654. The molecule has 5 heteroatoms. The largest absolute Gasteiger partial charge is 0.492 e. The van der Waals surface area contributed by atoms with Crippen LogP contribution in [0.15, 0.2) is 33.2 Å². The van der Waals surface area contributed by atoms with Crippen LogP contribution in [0.5, 0.6) is 5.75 Å². The number of ether oxygens (including phenoxy) is 1. The zero-order valence-electron chi connectivity index (χ0n) is 13.4. The summed E-state index contributed by atoms with van der Waals surface area (Å²) in [6, 6.07) is 8.46. The fourth-order valence-electron chi connectivity index (χ4n) is 3.10. The molecule has 0 unspecified atom stereocenters. The molecule has 124 valence electrons. The number of nitrogens with zero attached hydrogens (tertiary/aromatic N) is 1. The van der Waals surface area contributed by atoms with Gasteiger partial charge in [0.15, 0.2) is 0 Å². The molecule has 0 aliphatic carbocycles. The van der Waals surface area contributed by atoms with E-state index in [2.05, 4.69) is 59.9 Å². The lowest BCUT2D eigenvalue weighted by molar-refractivity contribution is 0.219. The average Bonchev–Trinajstić information content (AvgIpc) is 2.99. The monoisotopic (exact) mass is 440 g/mol. The van der Waals surface area contributed by atoms with Crippen molar-refractivity contribution in [3.63, 3.8) is 0 Å². The van der Waals surface area contributed by atoms with Gasteiger partial charge in [0, 0.05) is 28.0 Å². The number of piperidine rings is 1. The third-order valence-electron chi connectivity index (χ3n) is 4.18. The summed E-state index contributed by atoms with van der Waals surface area (Å²) in [5.74, 6) is 0.891. The van der Waals surface area contributed by atoms with E-state index in [1.54, 1.807) is 0 Å². The summed E-state index contributed by atoms with van der Waals surface area (Å²) in [7, 11) is 0. The zero-order valence-corrected chi connectivity index (χ0v) is 16.5. The van der Waals surface area contributed by atoms with Crippen LogP contribution in [-0.4, -0.2) is 29.6 Å². The smallest absolute Gasteiger partial charge is 0.142 e. The number of aromatic amines is 1. The predicted molar refractivity (Wildman–Crippen MR) is 102 cm³/mol. The zero-order chi connectivity index (χ0) is 16.2. The molecule has 0 saturated carbocycles. The predicted octanol–water partition coefficient (Wildman–Crippen LogP) is 5.59. The van der Waals surface area contributed by atoms with Crippen LogP contribution in [0.1, 0.15) is 31.9 Å². The number of hydrogen-bond acceptors (Lipinski definition) is 2. The maximum atomic E-state index is 5.84. The Morgan fingerprint density at radius 3 is 2.65 bits per heavy atom. The van der Waals surface area contributed by atoms with Crippen LogP contribution in [0.2, 0.25) is 0 Å². The van der Waals surface area contributed by atoms with Gasteiger partial charge in [-0.05, 0) is 73.1 Å². The standard InChI is InChI=1S/C18H22Br2N2O/c1-2-23-18-15(10-13(19)11-16(18)20)17-7-6-14(21-17)12-22-8-4-3-5-9-22/h6-7,10-11,21H,2-5,8-9,12H2,1H3. The second-order valence-corrected chi connectivity index (χ2v) is 7.70. The molecule has 1 N–H and O–H groups in total. The van der Waals surface area contributed by atoms with Crippen molar-refractivity contribution in [3.8, 4) is 17.0 Å². The van der Waals surface area contributed by atoms with Crippen LogP contribution < -0.4 is 4.74 Å². The fraction of sp³-hybridized carbons (Fsp3) is 0.444. The van der Waals surface area contributed by atoms with Crippen molar-refractivity contribution in [2.24, 2.45) is 0 Å². The number of benzene rings is 1. The highest BCUT2D eigenvalue weighted by Crippen LogP contribution is 2.39. The number of rotatable bonds is 5. The average molecular weight is 442 g/mol. The summed E-state index contributed by atoms with van der Waals surface area (Å²) in [6.07, 6.45) is 4.01. The van der Waals surface area contributed by atoms with Crippen LogP contribution in [0.25, 0.3) is 11.3 Å². The fourth-order valence-corrected chi connectivity index (χ4v) is 4.44. The Balaban J connectivity index is 1.84. The molecular formula is C18H22Br2N2O. The molecule has 1 aromatic heterocycles. The van der Waals surface area contributed by atoms with Gasteiger partial charge >= 0.3 is 0 Å². The summed E-state index contributed by atoms with van der Waals surface area (Å²) >= 11 is 7.18. The maximum Gasteiger partial charge on any atom is 0.142 e. The molecule has 1 aromatic carbocycles. The molecule has 0 atom stereocenters. The molecule has 1 saturated heterocycles. The summed E-state index contributed by atoms with van der Waals surface area (Å²) in [5.41, 5.74) is 3.45. The van der Waals surface area contributed by atoms with E-state index in [4.69, 9.17) is 4.74 Å². The van der Waals surface area contributed by atoms with Gasteiger partial charge in [-0.25, -0.2) is 0 Å². The minimum atomic E-state index is 0.647. The van der Waals surface area contributed by atoms with Crippen molar-refractivity contribution in [3.05, 3.63) is 38.9 Å². The van der Waals surface area contributed by atoms with Crippen LogP contribution in [0.3, 0.4) is 0 Å². The van der Waals surface area contributed by atoms with Crippen molar-refractivity contribution < 1.29 is 4.74 Å². The topological polar surface area (TPSA) is 28.3 Å². The van der Waals surface area contributed by atoms with Crippen LogP contribution in [0, 0.1) is 0 Å². The summed E-state index contributed by atoms with van der Waals surface area (Å²) < 4.78 is 7.84. The number of hydrogen-bond donors (Lipinski definition) is 1. The molecule has 1 aliphatic heterocycles. The van der Waals surface area contributed by atoms with Gasteiger partial charge in [0.05, 0.1) is 11.1 Å². The Bertz CT molecular complexity index is 663. The van der Waals surface area contributed by atoms with Gasteiger partial charge in [-0.2, -0.15) is 0 Å². The Morgan fingerprint density at radius 2 is 1.91 bits per heavy atom. The summed E-state index contributed by atoms with van der Waals surface area (Å²) in [5, 5.41) is 0. The molecule has 1 aliphatic rings. The first-order chi connectivity index (χ1) is 11.2. The van der Waals surface area contributed by atoms with Crippen molar-refractivity contribution in [1.29, 1.82) is 0 Å². The first-order valence-electron chi connectivity index (χ1n) is 8.20. The minimum Gasteiger partial charge on any atom is -0.492 e. The summed E-state index contributed by atoms with van der Waals surface area (Å²) in [4.78, 5) is 6.09. The van der Waals surface area contributed by atoms with Crippen LogP contribution in [-0.2, 0) is 6.54 Å². The van der Waals surface area contributed by atoms with Gasteiger partial charge in [-0.3, -0.25) is 4.90 Å². The van der Waals surface area contributed by atoms with E-state index >= 15 is 0 Å². The van der Waals surface area contributed by atoms with Gasteiger partial charge in [-0.1, -0.05) is 22.4 Å². The van der Waals surface area contributed by atoms with Gasteiger partial charge in [0.25, 0.3) is 0 Å². The molecule has 0 bridgehead atoms. The highest BCUT2D eigenvalue weighted by Gasteiger charge is 2.15. The number of nitrogens with one attached hydrogen (secondary N) is 1. The van der Waals surface area contributed by atoms with Crippen molar-refractivity contribution in [1.82, 2.24) is 9.88 Å². The number of likely N-dealkylation sites (tertiary alicyclic amines) is 1. The minimum absolute atomic E-state index is 0.647. The van der Waals surface area contributed by atoms with Gasteiger partial charge in [0.2, 0.25) is 0 Å². The second-order valence-electron chi connectivity index (χ2n) is 5.93. The molecule has 23 heavy (non-hydrogen) atoms.